The predicted octanol–water partition coefficient (Wildman–Crippen LogP) is 1.68. The van der Waals surface area contributed by atoms with E-state index >= 15 is 0 Å². The monoisotopic (exact) mass is 148 g/mol. The summed E-state index contributed by atoms with van der Waals surface area (Å²) in [6, 6.07) is 0. The van der Waals surface area contributed by atoms with Crippen LogP contribution in [0.5, 0.6) is 0 Å². The first-order valence-electron chi connectivity index (χ1n) is 3.85. The van der Waals surface area contributed by atoms with Gasteiger partial charge in [0.05, 0.1) is 12.7 Å². The Bertz CT molecular complexity index is 53.2. The first kappa shape index (κ1) is 12.6. The number of aliphatic hydroxyl groups is 1. The predicted molar refractivity (Wildman–Crippen MR) is 44.1 cm³/mol. The van der Waals surface area contributed by atoms with Crippen molar-refractivity contribution in [1.82, 2.24) is 0 Å². The van der Waals surface area contributed by atoms with Gasteiger partial charge in [-0.15, -0.1) is 0 Å². The molecule has 1 N–H and O–H groups in total. The fourth-order valence-electron chi connectivity index (χ4n) is 0.402. The van der Waals surface area contributed by atoms with Crippen LogP contribution in [0.3, 0.4) is 0 Å². The van der Waals surface area contributed by atoms with E-state index in [9.17, 15) is 0 Å². The van der Waals surface area contributed by atoms with Crippen molar-refractivity contribution in [3.8, 4) is 0 Å². The van der Waals surface area contributed by atoms with Crippen molar-refractivity contribution in [3.63, 3.8) is 0 Å². The summed E-state index contributed by atoms with van der Waals surface area (Å²) in [5.74, 6) is 0.250. The lowest BCUT2D eigenvalue weighted by molar-refractivity contribution is 0.0684. The summed E-state index contributed by atoms with van der Waals surface area (Å²) >= 11 is 0. The zero-order valence-corrected chi connectivity index (χ0v) is 7.72. The second-order valence-corrected chi connectivity index (χ2v) is 2.17. The van der Waals surface area contributed by atoms with Crippen LogP contribution in [-0.2, 0) is 4.74 Å². The fraction of sp³-hybridized carbons (Fsp3) is 1.00. The van der Waals surface area contributed by atoms with Gasteiger partial charge in [0.2, 0.25) is 0 Å². The summed E-state index contributed by atoms with van der Waals surface area (Å²) in [5.41, 5.74) is 0. The molecule has 10 heavy (non-hydrogen) atoms. The number of methoxy groups -OCH3 is 1. The summed E-state index contributed by atoms with van der Waals surface area (Å²) in [7, 11) is 1.64. The lowest BCUT2D eigenvalue weighted by Crippen LogP contribution is -2.17. The molecule has 0 amide bonds. The summed E-state index contributed by atoms with van der Waals surface area (Å²) < 4.78 is 4.80. The highest BCUT2D eigenvalue weighted by atomic mass is 16.5. The smallest absolute Gasteiger partial charge is 0.0559 e. The van der Waals surface area contributed by atoms with E-state index in [1.807, 2.05) is 20.8 Å². The average molecular weight is 148 g/mol. The van der Waals surface area contributed by atoms with Gasteiger partial charge < -0.3 is 9.84 Å². The molecule has 0 aliphatic rings. The zero-order chi connectivity index (χ0) is 8.57. The molecule has 0 bridgehead atoms. The molecule has 64 valence electrons. The second-order valence-electron chi connectivity index (χ2n) is 2.17. The second kappa shape index (κ2) is 8.92. The molecule has 0 spiro atoms. The summed E-state index contributed by atoms with van der Waals surface area (Å²) in [6.07, 6.45) is -0.255. The standard InChI is InChI=1S/C6H14O2.C2H6/c1-5(4-8-3)6(2)7;1-2/h5-7H,4H2,1-3H3;1-2H3/t5?,6-;/m0./s1. The lowest BCUT2D eigenvalue weighted by atomic mass is 10.1. The fourth-order valence-corrected chi connectivity index (χ4v) is 0.402. The van der Waals surface area contributed by atoms with Crippen molar-refractivity contribution >= 4 is 0 Å². The molecule has 1 unspecified atom stereocenters. The molecule has 2 atom stereocenters. The highest BCUT2D eigenvalue weighted by Crippen LogP contribution is 2.00. The van der Waals surface area contributed by atoms with Gasteiger partial charge in [-0.05, 0) is 6.92 Å². The molecule has 0 saturated carbocycles. The maximum absolute atomic E-state index is 8.87. The van der Waals surface area contributed by atoms with Crippen molar-refractivity contribution in [2.24, 2.45) is 5.92 Å². The molecule has 2 nitrogen and oxygen atoms in total. The Labute approximate surface area is 64.2 Å². The number of ether oxygens (including phenoxy) is 1. The van der Waals surface area contributed by atoms with E-state index in [0.717, 1.165) is 0 Å². The van der Waals surface area contributed by atoms with Crippen LogP contribution in [0.2, 0.25) is 0 Å². The van der Waals surface area contributed by atoms with Gasteiger partial charge in [-0.1, -0.05) is 20.8 Å². The summed E-state index contributed by atoms with van der Waals surface area (Å²) in [4.78, 5) is 0. The Kier molecular flexibility index (Phi) is 11.2. The lowest BCUT2D eigenvalue weighted by Gasteiger charge is -2.11. The van der Waals surface area contributed by atoms with Crippen LogP contribution >= 0.6 is 0 Å². The van der Waals surface area contributed by atoms with Gasteiger partial charge in [0.25, 0.3) is 0 Å². The van der Waals surface area contributed by atoms with Gasteiger partial charge in [0.15, 0.2) is 0 Å². The van der Waals surface area contributed by atoms with Gasteiger partial charge in [-0.25, -0.2) is 0 Å². The van der Waals surface area contributed by atoms with E-state index in [0.29, 0.717) is 6.61 Å². The minimum Gasteiger partial charge on any atom is -0.393 e. The molecule has 2 heteroatoms. The molecular formula is C8H20O2. The topological polar surface area (TPSA) is 29.5 Å². The highest BCUT2D eigenvalue weighted by molar-refractivity contribution is 4.55. The third-order valence-electron chi connectivity index (χ3n) is 1.25. The van der Waals surface area contributed by atoms with Crippen molar-refractivity contribution < 1.29 is 9.84 Å². The number of hydrogen-bond donors (Lipinski definition) is 1. The Morgan fingerprint density at radius 3 is 1.80 bits per heavy atom. The van der Waals surface area contributed by atoms with Crippen molar-refractivity contribution in [3.05, 3.63) is 0 Å². The van der Waals surface area contributed by atoms with E-state index in [4.69, 9.17) is 9.84 Å². The first-order chi connectivity index (χ1) is 4.68. The van der Waals surface area contributed by atoms with E-state index < -0.39 is 0 Å². The molecule has 0 rings (SSSR count). The SMILES string of the molecule is CC.COCC(C)[C@H](C)O. The average Bonchev–Trinajstić information content (AvgIpc) is 1.93. The third-order valence-corrected chi connectivity index (χ3v) is 1.25. The van der Waals surface area contributed by atoms with Crippen molar-refractivity contribution in [2.75, 3.05) is 13.7 Å². The van der Waals surface area contributed by atoms with Gasteiger partial charge in [-0.2, -0.15) is 0 Å². The van der Waals surface area contributed by atoms with Crippen LogP contribution in [0.25, 0.3) is 0 Å². The van der Waals surface area contributed by atoms with Crippen LogP contribution in [0.15, 0.2) is 0 Å². The summed E-state index contributed by atoms with van der Waals surface area (Å²) in [5, 5.41) is 8.87. The minimum atomic E-state index is -0.255. The van der Waals surface area contributed by atoms with Crippen LogP contribution in [0.4, 0.5) is 0 Å². The maximum atomic E-state index is 8.87. The molecule has 0 saturated heterocycles. The Morgan fingerprint density at radius 1 is 1.30 bits per heavy atom. The number of aliphatic hydroxyl groups excluding tert-OH is 1. The molecule has 0 aromatic heterocycles. The first-order valence-corrected chi connectivity index (χ1v) is 3.85. The van der Waals surface area contributed by atoms with E-state index in [1.54, 1.807) is 14.0 Å². The van der Waals surface area contributed by atoms with Gasteiger partial charge in [-0.3, -0.25) is 0 Å². The van der Waals surface area contributed by atoms with E-state index in [2.05, 4.69) is 0 Å². The molecular weight excluding hydrogens is 128 g/mol. The third kappa shape index (κ3) is 7.92. The van der Waals surface area contributed by atoms with Crippen LogP contribution < -0.4 is 0 Å². The van der Waals surface area contributed by atoms with Crippen molar-refractivity contribution in [1.29, 1.82) is 0 Å². The highest BCUT2D eigenvalue weighted by Gasteiger charge is 2.06. The van der Waals surface area contributed by atoms with E-state index in [-0.39, 0.29) is 12.0 Å². The van der Waals surface area contributed by atoms with Crippen molar-refractivity contribution in [2.45, 2.75) is 33.8 Å². The van der Waals surface area contributed by atoms with Gasteiger partial charge in [0, 0.05) is 13.0 Å². The molecule has 0 aliphatic carbocycles. The maximum Gasteiger partial charge on any atom is 0.0559 e. The van der Waals surface area contributed by atoms with Gasteiger partial charge in [0.1, 0.15) is 0 Å². The summed E-state index contributed by atoms with van der Waals surface area (Å²) in [6.45, 7) is 8.36. The Hall–Kier alpha value is -0.0800. The normalized spacial score (nSPS) is 15.0. The molecule has 0 radical (unpaired) electrons. The van der Waals surface area contributed by atoms with Crippen LogP contribution in [-0.4, -0.2) is 24.9 Å². The number of rotatable bonds is 3. The number of hydrogen-bond acceptors (Lipinski definition) is 2. The molecule has 0 heterocycles. The van der Waals surface area contributed by atoms with Crippen LogP contribution in [0.1, 0.15) is 27.7 Å². The molecule has 0 fully saturated rings. The molecule has 0 aromatic carbocycles. The molecule has 0 aromatic rings. The van der Waals surface area contributed by atoms with Crippen LogP contribution in [0, 0.1) is 5.92 Å². The minimum absolute atomic E-state index is 0.250. The van der Waals surface area contributed by atoms with Gasteiger partial charge >= 0.3 is 0 Å². The Morgan fingerprint density at radius 2 is 1.70 bits per heavy atom. The Balaban J connectivity index is 0. The largest absolute Gasteiger partial charge is 0.393 e. The molecule has 0 aliphatic heterocycles. The quantitative estimate of drug-likeness (QED) is 0.659. The van der Waals surface area contributed by atoms with E-state index in [1.165, 1.54) is 0 Å². The zero-order valence-electron chi connectivity index (χ0n) is 7.72.